The second-order valence-electron chi connectivity index (χ2n) is 8.38. The van der Waals surface area contributed by atoms with Crippen LogP contribution < -0.4 is 0 Å². The zero-order valence-corrected chi connectivity index (χ0v) is 18.1. The van der Waals surface area contributed by atoms with Crippen molar-refractivity contribution in [3.63, 3.8) is 0 Å². The van der Waals surface area contributed by atoms with E-state index >= 15 is 0 Å². The van der Waals surface area contributed by atoms with Crippen molar-refractivity contribution in [1.29, 1.82) is 0 Å². The third kappa shape index (κ3) is 14.9. The lowest BCUT2D eigenvalue weighted by Gasteiger charge is -2.29. The van der Waals surface area contributed by atoms with Gasteiger partial charge in [-0.2, -0.15) is 0 Å². The minimum atomic E-state index is -1.51. The van der Waals surface area contributed by atoms with Crippen molar-refractivity contribution in [2.75, 3.05) is 13.2 Å². The molecule has 0 fully saturated rings. The van der Waals surface area contributed by atoms with Crippen molar-refractivity contribution in [2.45, 2.75) is 77.9 Å². The largest absolute Gasteiger partial charge is 0.418 e. The van der Waals surface area contributed by atoms with E-state index in [0.29, 0.717) is 0 Å². The topological polar surface area (TPSA) is 27.7 Å². The maximum atomic E-state index is 6.26. The van der Waals surface area contributed by atoms with Crippen LogP contribution in [0.3, 0.4) is 0 Å². The monoisotopic (exact) mass is 336 g/mol. The summed E-state index contributed by atoms with van der Waals surface area (Å²) in [5.74, 6) is 0. The molecule has 0 bridgehead atoms. The Labute approximate surface area is 129 Å². The van der Waals surface area contributed by atoms with Crippen LogP contribution >= 0.6 is 0 Å². The predicted molar refractivity (Wildman–Crippen MR) is 96.0 cm³/mol. The van der Waals surface area contributed by atoms with Gasteiger partial charge in [0.2, 0.25) is 0 Å². The van der Waals surface area contributed by atoms with Gasteiger partial charge >= 0.3 is 0 Å². The summed E-state index contributed by atoms with van der Waals surface area (Å²) in [5, 5.41) is 0. The van der Waals surface area contributed by atoms with Gasteiger partial charge in [0.05, 0.1) is 12.7 Å². The van der Waals surface area contributed by atoms with E-state index < -0.39 is 25.0 Å². The van der Waals surface area contributed by atoms with Crippen molar-refractivity contribution in [3.8, 4) is 0 Å². The summed E-state index contributed by atoms with van der Waals surface area (Å²) >= 11 is 0. The van der Waals surface area contributed by atoms with Crippen molar-refractivity contribution in [1.82, 2.24) is 0 Å². The van der Waals surface area contributed by atoms with E-state index in [-0.39, 0.29) is 6.10 Å². The zero-order chi connectivity index (χ0) is 16.0. The highest BCUT2D eigenvalue weighted by molar-refractivity contribution is 6.70. The first-order chi connectivity index (χ1) is 8.79. The third-order valence-electron chi connectivity index (χ3n) is 2.43. The van der Waals surface area contributed by atoms with Crippen LogP contribution in [-0.4, -0.2) is 44.3 Å². The van der Waals surface area contributed by atoms with Crippen LogP contribution in [0.25, 0.3) is 0 Å². The van der Waals surface area contributed by atoms with Gasteiger partial charge in [-0.1, -0.05) is 0 Å². The molecule has 0 aliphatic heterocycles. The molecule has 20 heavy (non-hydrogen) atoms. The fourth-order valence-electron chi connectivity index (χ4n) is 1.71. The fourth-order valence-corrected chi connectivity index (χ4v) is 4.34. The van der Waals surface area contributed by atoms with Crippen molar-refractivity contribution < 1.29 is 13.3 Å². The van der Waals surface area contributed by atoms with Crippen LogP contribution in [0.4, 0.5) is 0 Å². The quantitative estimate of drug-likeness (QED) is 0.428. The van der Waals surface area contributed by atoms with Gasteiger partial charge in [-0.3, -0.25) is 0 Å². The van der Waals surface area contributed by atoms with Crippen LogP contribution in [0.15, 0.2) is 0 Å². The molecule has 0 radical (unpaired) electrons. The predicted octanol–water partition coefficient (Wildman–Crippen LogP) is 4.69. The standard InChI is InChI=1S/C14H36O3Si3/c1-18(2,3)15-12-10-11-14(17-20(7,8)9)13-16-19(4,5)6/h14H,10-13H2,1-9H3. The lowest BCUT2D eigenvalue weighted by Crippen LogP contribution is -2.38. The molecule has 0 rings (SSSR count). The third-order valence-corrected chi connectivity index (χ3v) is 5.57. The van der Waals surface area contributed by atoms with Gasteiger partial charge < -0.3 is 13.3 Å². The second-order valence-corrected chi connectivity index (χ2v) is 21.9. The van der Waals surface area contributed by atoms with Gasteiger partial charge in [-0.25, -0.2) is 0 Å². The maximum Gasteiger partial charge on any atom is 0.184 e. The first-order valence-electron chi connectivity index (χ1n) is 7.74. The van der Waals surface area contributed by atoms with Gasteiger partial charge in [-0.05, 0) is 71.8 Å². The van der Waals surface area contributed by atoms with Gasteiger partial charge in [0.15, 0.2) is 25.0 Å². The fraction of sp³-hybridized carbons (Fsp3) is 1.00. The molecule has 0 aliphatic rings. The molecule has 1 unspecified atom stereocenters. The summed E-state index contributed by atoms with van der Waals surface area (Å²) in [4.78, 5) is 0. The summed E-state index contributed by atoms with van der Waals surface area (Å²) in [6.07, 6.45) is 2.34. The van der Waals surface area contributed by atoms with E-state index in [2.05, 4.69) is 58.9 Å². The molecular formula is C14H36O3Si3. The smallest absolute Gasteiger partial charge is 0.184 e. The van der Waals surface area contributed by atoms with Crippen LogP contribution in [0, 0.1) is 0 Å². The number of hydrogen-bond acceptors (Lipinski definition) is 3. The minimum absolute atomic E-state index is 0.235. The number of rotatable bonds is 10. The Hall–Kier alpha value is 0.531. The van der Waals surface area contributed by atoms with E-state index in [4.69, 9.17) is 13.3 Å². The molecule has 0 saturated carbocycles. The van der Waals surface area contributed by atoms with E-state index in [1.165, 1.54) is 0 Å². The normalized spacial score (nSPS) is 15.4. The molecule has 6 heteroatoms. The first-order valence-corrected chi connectivity index (χ1v) is 18.0. The zero-order valence-electron chi connectivity index (χ0n) is 15.1. The Morgan fingerprint density at radius 1 is 0.700 bits per heavy atom. The molecule has 3 nitrogen and oxygen atoms in total. The van der Waals surface area contributed by atoms with Crippen LogP contribution in [0.5, 0.6) is 0 Å². The molecule has 0 aromatic carbocycles. The molecular weight excluding hydrogens is 300 g/mol. The van der Waals surface area contributed by atoms with Crippen LogP contribution in [0.2, 0.25) is 58.9 Å². The SMILES string of the molecule is C[Si](C)(C)OCCCC(CO[Si](C)(C)C)O[Si](C)(C)C. The summed E-state index contributed by atoms with van der Waals surface area (Å²) in [5.41, 5.74) is 0. The van der Waals surface area contributed by atoms with Crippen molar-refractivity contribution >= 4 is 25.0 Å². The molecule has 122 valence electrons. The Balaban J connectivity index is 4.18. The molecule has 0 aromatic heterocycles. The summed E-state index contributed by atoms with van der Waals surface area (Å²) in [7, 11) is -4.35. The molecule has 0 aromatic rings. The van der Waals surface area contributed by atoms with Crippen molar-refractivity contribution in [3.05, 3.63) is 0 Å². The Bertz CT molecular complexity index is 264. The van der Waals surface area contributed by atoms with Crippen LogP contribution in [0.1, 0.15) is 12.8 Å². The van der Waals surface area contributed by atoms with Crippen LogP contribution in [-0.2, 0) is 13.3 Å². The average molecular weight is 337 g/mol. The van der Waals surface area contributed by atoms with Gasteiger partial charge in [0.1, 0.15) is 0 Å². The molecule has 1 atom stereocenters. The van der Waals surface area contributed by atoms with Crippen molar-refractivity contribution in [2.24, 2.45) is 0 Å². The summed E-state index contributed by atoms with van der Waals surface area (Å²) < 4.78 is 18.2. The highest BCUT2D eigenvalue weighted by atomic mass is 28.4. The van der Waals surface area contributed by atoms with Gasteiger partial charge in [0.25, 0.3) is 0 Å². The Kier molecular flexibility index (Phi) is 8.46. The molecule has 0 amide bonds. The Morgan fingerprint density at radius 2 is 1.20 bits per heavy atom. The Morgan fingerprint density at radius 3 is 1.60 bits per heavy atom. The lowest BCUT2D eigenvalue weighted by molar-refractivity contribution is 0.105. The maximum absolute atomic E-state index is 6.26. The van der Waals surface area contributed by atoms with E-state index in [1.54, 1.807) is 0 Å². The molecule has 0 spiro atoms. The van der Waals surface area contributed by atoms with E-state index in [1.807, 2.05) is 0 Å². The molecule has 0 N–H and O–H groups in total. The van der Waals surface area contributed by atoms with E-state index in [9.17, 15) is 0 Å². The molecule has 0 saturated heterocycles. The minimum Gasteiger partial charge on any atom is -0.418 e. The highest BCUT2D eigenvalue weighted by Crippen LogP contribution is 2.15. The second kappa shape index (κ2) is 8.24. The number of hydrogen-bond donors (Lipinski definition) is 0. The molecule has 0 aliphatic carbocycles. The molecule has 0 heterocycles. The summed E-state index contributed by atoms with van der Waals surface area (Å²) in [6.45, 7) is 21.7. The van der Waals surface area contributed by atoms with Gasteiger partial charge in [0, 0.05) is 6.61 Å². The highest BCUT2D eigenvalue weighted by Gasteiger charge is 2.24. The van der Waals surface area contributed by atoms with E-state index in [0.717, 1.165) is 26.1 Å². The lowest BCUT2D eigenvalue weighted by atomic mass is 10.2. The first kappa shape index (κ1) is 20.5. The summed E-state index contributed by atoms with van der Waals surface area (Å²) in [6, 6.07) is 0. The van der Waals surface area contributed by atoms with Gasteiger partial charge in [-0.15, -0.1) is 0 Å². The average Bonchev–Trinajstić information content (AvgIpc) is 2.16.